The van der Waals surface area contributed by atoms with E-state index in [1.165, 1.54) is 0 Å². The van der Waals surface area contributed by atoms with Gasteiger partial charge >= 0.3 is 5.97 Å². The highest BCUT2D eigenvalue weighted by molar-refractivity contribution is 6.08. The lowest BCUT2D eigenvalue weighted by Crippen LogP contribution is -2.24. The number of aliphatic carboxylic acids is 1. The normalized spacial score (nSPS) is 17.0. The summed E-state index contributed by atoms with van der Waals surface area (Å²) in [6.45, 7) is 2.59. The number of carbonyl (C=O) groups excluding carboxylic acids is 1. The molecule has 0 amide bonds. The fourth-order valence-electron chi connectivity index (χ4n) is 3.29. The lowest BCUT2D eigenvalue weighted by atomic mass is 10.0. The summed E-state index contributed by atoms with van der Waals surface area (Å²) in [4.78, 5) is 25.9. The van der Waals surface area contributed by atoms with Crippen LogP contribution in [0.1, 0.15) is 41.6 Å². The molecule has 0 aromatic heterocycles. The minimum atomic E-state index is -0.843. The molecule has 4 nitrogen and oxygen atoms in total. The molecule has 0 atom stereocenters. The number of aryl methyl sites for hydroxylation is 1. The van der Waals surface area contributed by atoms with Crippen LogP contribution in [-0.2, 0) is 4.79 Å². The lowest BCUT2D eigenvalue weighted by Gasteiger charge is -2.24. The largest absolute Gasteiger partial charge is 0.478 e. The number of Topliss-reactive ketones (excluding diaryl/α,β-unsaturated/α-hetero) is 1. The third-order valence-corrected chi connectivity index (χ3v) is 4.91. The molecule has 1 aliphatic carbocycles. The number of carboxylic acid groups (broad SMARTS) is 1. The van der Waals surface area contributed by atoms with E-state index >= 15 is 0 Å². The number of hydrogen-bond donors (Lipinski definition) is 1. The molecule has 1 aliphatic heterocycles. The maximum Gasteiger partial charge on any atom is 0.331 e. The Kier molecular flexibility index (Phi) is 6.43. The third kappa shape index (κ3) is 4.97. The van der Waals surface area contributed by atoms with Crippen molar-refractivity contribution in [3.63, 3.8) is 0 Å². The van der Waals surface area contributed by atoms with Crippen molar-refractivity contribution in [2.45, 2.75) is 32.6 Å². The van der Waals surface area contributed by atoms with Crippen molar-refractivity contribution in [3.8, 4) is 0 Å². The number of rotatable bonds is 6. The van der Waals surface area contributed by atoms with Gasteiger partial charge in [-0.15, -0.1) is 0 Å². The van der Waals surface area contributed by atoms with Crippen LogP contribution in [0.2, 0.25) is 0 Å². The van der Waals surface area contributed by atoms with E-state index in [1.54, 1.807) is 6.08 Å². The summed E-state index contributed by atoms with van der Waals surface area (Å²) >= 11 is 0. The minimum absolute atomic E-state index is 0.0282. The monoisotopic (exact) mass is 375 g/mol. The SMILES string of the molecule is Cc1ccc(C(=O)C2=CCC=CN2C/C=C/C2=CC=C(C(=O)O)CCC2)cc1. The Balaban J connectivity index is 1.68. The molecular weight excluding hydrogens is 350 g/mol. The molecule has 0 fully saturated rings. The van der Waals surface area contributed by atoms with Crippen LogP contribution in [0.5, 0.6) is 0 Å². The molecule has 3 rings (SSSR count). The molecule has 1 N–H and O–H groups in total. The summed E-state index contributed by atoms with van der Waals surface area (Å²) in [5, 5.41) is 9.12. The highest BCUT2D eigenvalue weighted by atomic mass is 16.4. The van der Waals surface area contributed by atoms with Crippen molar-refractivity contribution in [2.75, 3.05) is 6.54 Å². The van der Waals surface area contributed by atoms with Crippen LogP contribution in [-0.4, -0.2) is 28.3 Å². The van der Waals surface area contributed by atoms with Gasteiger partial charge in [0.2, 0.25) is 5.78 Å². The van der Waals surface area contributed by atoms with E-state index < -0.39 is 5.97 Å². The first kappa shape index (κ1) is 19.6. The van der Waals surface area contributed by atoms with Crippen molar-refractivity contribution in [3.05, 3.63) is 94.9 Å². The molecule has 1 aromatic rings. The molecule has 0 unspecified atom stereocenters. The Bertz CT molecular complexity index is 898. The summed E-state index contributed by atoms with van der Waals surface area (Å²) in [6.07, 6.45) is 16.6. The van der Waals surface area contributed by atoms with Gasteiger partial charge in [0.1, 0.15) is 0 Å². The maximum atomic E-state index is 12.9. The summed E-state index contributed by atoms with van der Waals surface area (Å²) in [5.74, 6) is -0.815. The Hall–Kier alpha value is -3.14. The number of benzene rings is 1. The van der Waals surface area contributed by atoms with Gasteiger partial charge in [0, 0.05) is 23.9 Å². The first-order valence-corrected chi connectivity index (χ1v) is 9.59. The summed E-state index contributed by atoms with van der Waals surface area (Å²) < 4.78 is 0. The minimum Gasteiger partial charge on any atom is -0.478 e. The second-order valence-electron chi connectivity index (χ2n) is 7.05. The van der Waals surface area contributed by atoms with E-state index in [0.29, 0.717) is 29.8 Å². The van der Waals surface area contributed by atoms with Crippen molar-refractivity contribution >= 4 is 11.8 Å². The van der Waals surface area contributed by atoms with Crippen molar-refractivity contribution in [1.82, 2.24) is 4.90 Å². The Morgan fingerprint density at radius 1 is 1.14 bits per heavy atom. The molecule has 0 bridgehead atoms. The van der Waals surface area contributed by atoms with Crippen LogP contribution in [0.4, 0.5) is 0 Å². The molecular formula is C24H25NO3. The van der Waals surface area contributed by atoms with Crippen LogP contribution in [0.15, 0.2) is 83.8 Å². The van der Waals surface area contributed by atoms with Gasteiger partial charge in [-0.05, 0) is 38.2 Å². The zero-order chi connectivity index (χ0) is 19.9. The van der Waals surface area contributed by atoms with Crippen LogP contribution in [0.25, 0.3) is 0 Å². The predicted molar refractivity (Wildman–Crippen MR) is 111 cm³/mol. The average molecular weight is 375 g/mol. The molecule has 0 spiro atoms. The fourth-order valence-corrected chi connectivity index (χ4v) is 3.29. The second-order valence-corrected chi connectivity index (χ2v) is 7.05. The van der Waals surface area contributed by atoms with Gasteiger partial charge in [-0.3, -0.25) is 4.79 Å². The Labute approximate surface area is 165 Å². The molecule has 0 saturated carbocycles. The zero-order valence-corrected chi connectivity index (χ0v) is 16.1. The number of ketones is 1. The smallest absolute Gasteiger partial charge is 0.331 e. The standard InChI is InChI=1S/C24H25NO3/c1-18-10-13-20(14-11-18)23(26)22-9-2-3-16-25(22)17-5-7-19-6-4-8-21(15-12-19)24(27)28/h3,5,7,9-16H,2,4,6,8,17H2,1H3,(H,27,28)/b7-5+. The van der Waals surface area contributed by atoms with Gasteiger partial charge in [-0.1, -0.05) is 66.3 Å². The molecule has 1 aromatic carbocycles. The van der Waals surface area contributed by atoms with Gasteiger partial charge in [-0.2, -0.15) is 0 Å². The van der Waals surface area contributed by atoms with Crippen LogP contribution >= 0.6 is 0 Å². The topological polar surface area (TPSA) is 57.6 Å². The first-order chi connectivity index (χ1) is 13.5. The average Bonchev–Trinajstić information content (AvgIpc) is 2.94. The summed E-state index contributed by atoms with van der Waals surface area (Å²) in [5.41, 5.74) is 4.08. The third-order valence-electron chi connectivity index (χ3n) is 4.91. The van der Waals surface area contributed by atoms with Crippen molar-refractivity contribution in [2.24, 2.45) is 0 Å². The highest BCUT2D eigenvalue weighted by Gasteiger charge is 2.18. The van der Waals surface area contributed by atoms with Gasteiger partial charge in [-0.25, -0.2) is 4.79 Å². The van der Waals surface area contributed by atoms with E-state index in [0.717, 1.165) is 30.4 Å². The number of carbonyl (C=O) groups is 2. The van der Waals surface area contributed by atoms with Gasteiger partial charge in [0.15, 0.2) is 0 Å². The van der Waals surface area contributed by atoms with Crippen LogP contribution in [0, 0.1) is 6.92 Å². The molecule has 0 radical (unpaired) electrons. The summed E-state index contributed by atoms with van der Waals surface area (Å²) in [7, 11) is 0. The molecule has 144 valence electrons. The highest BCUT2D eigenvalue weighted by Crippen LogP contribution is 2.21. The fraction of sp³-hybridized carbons (Fsp3) is 0.250. The second kappa shape index (κ2) is 9.18. The number of carboxylic acids is 1. The molecule has 0 saturated heterocycles. The van der Waals surface area contributed by atoms with E-state index in [-0.39, 0.29) is 5.78 Å². The molecule has 4 heteroatoms. The van der Waals surface area contributed by atoms with Crippen molar-refractivity contribution in [1.29, 1.82) is 0 Å². The molecule has 28 heavy (non-hydrogen) atoms. The number of allylic oxidation sites excluding steroid dienone is 7. The Morgan fingerprint density at radius 2 is 1.93 bits per heavy atom. The predicted octanol–water partition coefficient (Wildman–Crippen LogP) is 4.96. The van der Waals surface area contributed by atoms with E-state index in [9.17, 15) is 9.59 Å². The maximum absolute atomic E-state index is 12.9. The van der Waals surface area contributed by atoms with E-state index in [1.807, 2.05) is 72.7 Å². The zero-order valence-electron chi connectivity index (χ0n) is 16.1. The van der Waals surface area contributed by atoms with E-state index in [2.05, 4.69) is 0 Å². The number of hydrogen-bond acceptors (Lipinski definition) is 3. The van der Waals surface area contributed by atoms with Crippen LogP contribution < -0.4 is 0 Å². The number of nitrogens with zero attached hydrogens (tertiary/aromatic N) is 1. The molecule has 1 heterocycles. The van der Waals surface area contributed by atoms with Gasteiger partial charge in [0.05, 0.1) is 5.70 Å². The quantitative estimate of drug-likeness (QED) is 0.714. The molecule has 2 aliphatic rings. The van der Waals surface area contributed by atoms with Gasteiger partial charge < -0.3 is 10.0 Å². The van der Waals surface area contributed by atoms with Gasteiger partial charge in [0.25, 0.3) is 0 Å². The van der Waals surface area contributed by atoms with E-state index in [4.69, 9.17) is 5.11 Å². The first-order valence-electron chi connectivity index (χ1n) is 9.59. The lowest BCUT2D eigenvalue weighted by molar-refractivity contribution is -0.132. The van der Waals surface area contributed by atoms with Crippen LogP contribution in [0.3, 0.4) is 0 Å². The van der Waals surface area contributed by atoms with Crippen molar-refractivity contribution < 1.29 is 14.7 Å². The summed E-state index contributed by atoms with van der Waals surface area (Å²) in [6, 6.07) is 7.64. The Morgan fingerprint density at radius 3 is 2.68 bits per heavy atom.